The standard InChI is InChI=1S/C11H20N2O4/c1-8(2)7-17-6-5-12-10(16)13-11(3,4)9(14)15/h1,5-7H2,2-4H3,(H,14,15)(H2,12,13,16). The summed E-state index contributed by atoms with van der Waals surface area (Å²) >= 11 is 0. The van der Waals surface area contributed by atoms with Crippen molar-refractivity contribution in [3.63, 3.8) is 0 Å². The van der Waals surface area contributed by atoms with E-state index in [2.05, 4.69) is 17.2 Å². The summed E-state index contributed by atoms with van der Waals surface area (Å²) in [5.74, 6) is -1.09. The summed E-state index contributed by atoms with van der Waals surface area (Å²) < 4.78 is 5.16. The summed E-state index contributed by atoms with van der Waals surface area (Å²) in [6.45, 7) is 9.44. The Kier molecular flexibility index (Phi) is 6.27. The van der Waals surface area contributed by atoms with Crippen LogP contribution in [0.4, 0.5) is 4.79 Å². The lowest BCUT2D eigenvalue weighted by Crippen LogP contribution is -2.53. The summed E-state index contributed by atoms with van der Waals surface area (Å²) in [5.41, 5.74) is -0.385. The van der Waals surface area contributed by atoms with Crippen molar-refractivity contribution in [2.45, 2.75) is 26.3 Å². The van der Waals surface area contributed by atoms with Gasteiger partial charge in [0.15, 0.2) is 0 Å². The highest BCUT2D eigenvalue weighted by Crippen LogP contribution is 2.00. The Balaban J connectivity index is 3.74. The number of hydrogen-bond acceptors (Lipinski definition) is 3. The van der Waals surface area contributed by atoms with Gasteiger partial charge in [-0.1, -0.05) is 12.2 Å². The van der Waals surface area contributed by atoms with Crippen molar-refractivity contribution in [1.82, 2.24) is 10.6 Å². The molecule has 0 aromatic rings. The molecule has 98 valence electrons. The number of amides is 2. The number of rotatable bonds is 7. The van der Waals surface area contributed by atoms with E-state index in [1.54, 1.807) is 0 Å². The van der Waals surface area contributed by atoms with E-state index >= 15 is 0 Å². The summed E-state index contributed by atoms with van der Waals surface area (Å²) in [6.07, 6.45) is 0. The van der Waals surface area contributed by atoms with Crippen LogP contribution >= 0.6 is 0 Å². The Morgan fingerprint density at radius 2 is 2.00 bits per heavy atom. The number of aliphatic carboxylic acids is 1. The summed E-state index contributed by atoms with van der Waals surface area (Å²) in [4.78, 5) is 22.0. The fourth-order valence-corrected chi connectivity index (χ4v) is 0.865. The molecule has 0 bridgehead atoms. The van der Waals surface area contributed by atoms with Crippen LogP contribution in [0.15, 0.2) is 12.2 Å². The second-order valence-corrected chi connectivity index (χ2v) is 4.32. The molecule has 0 aromatic heterocycles. The van der Waals surface area contributed by atoms with Gasteiger partial charge in [-0.15, -0.1) is 0 Å². The number of urea groups is 1. The number of carboxylic acid groups (broad SMARTS) is 1. The number of carbonyl (C=O) groups excluding carboxylic acids is 1. The van der Waals surface area contributed by atoms with Gasteiger partial charge < -0.3 is 20.5 Å². The van der Waals surface area contributed by atoms with Crippen molar-refractivity contribution in [3.8, 4) is 0 Å². The molecule has 0 saturated carbocycles. The van der Waals surface area contributed by atoms with Crippen LogP contribution in [0.1, 0.15) is 20.8 Å². The van der Waals surface area contributed by atoms with Gasteiger partial charge in [0.05, 0.1) is 13.2 Å². The third-order valence-electron chi connectivity index (χ3n) is 1.84. The van der Waals surface area contributed by atoms with Gasteiger partial charge in [-0.25, -0.2) is 9.59 Å². The fraction of sp³-hybridized carbons (Fsp3) is 0.636. The molecule has 0 atom stereocenters. The van der Waals surface area contributed by atoms with Gasteiger partial charge in [-0.2, -0.15) is 0 Å². The first-order valence-corrected chi connectivity index (χ1v) is 5.27. The first-order valence-electron chi connectivity index (χ1n) is 5.27. The molecule has 0 unspecified atom stereocenters. The van der Waals surface area contributed by atoms with Gasteiger partial charge in [0.25, 0.3) is 0 Å². The van der Waals surface area contributed by atoms with E-state index in [1.807, 2.05) is 6.92 Å². The molecule has 0 saturated heterocycles. The maximum Gasteiger partial charge on any atom is 0.328 e. The Morgan fingerprint density at radius 1 is 1.41 bits per heavy atom. The molecule has 0 rings (SSSR count). The molecular formula is C11H20N2O4. The van der Waals surface area contributed by atoms with Gasteiger partial charge >= 0.3 is 12.0 Å². The molecule has 0 heterocycles. The molecular weight excluding hydrogens is 224 g/mol. The van der Waals surface area contributed by atoms with Crippen molar-refractivity contribution in [1.29, 1.82) is 0 Å². The molecule has 6 heteroatoms. The smallest absolute Gasteiger partial charge is 0.328 e. The zero-order valence-corrected chi connectivity index (χ0v) is 10.5. The molecule has 0 aliphatic heterocycles. The fourth-order valence-electron chi connectivity index (χ4n) is 0.865. The maximum absolute atomic E-state index is 11.3. The minimum absolute atomic E-state index is 0.314. The molecule has 0 spiro atoms. The third kappa shape index (κ3) is 7.35. The highest BCUT2D eigenvalue weighted by Gasteiger charge is 2.28. The molecule has 0 radical (unpaired) electrons. The third-order valence-corrected chi connectivity index (χ3v) is 1.84. The highest BCUT2D eigenvalue weighted by molar-refractivity contribution is 5.85. The van der Waals surface area contributed by atoms with Crippen LogP contribution in [0.25, 0.3) is 0 Å². The summed E-state index contributed by atoms with van der Waals surface area (Å²) in [6, 6.07) is -0.531. The van der Waals surface area contributed by atoms with Crippen molar-refractivity contribution in [2.24, 2.45) is 0 Å². The van der Waals surface area contributed by atoms with E-state index in [0.717, 1.165) is 5.57 Å². The van der Waals surface area contributed by atoms with Gasteiger partial charge in [0.2, 0.25) is 0 Å². The van der Waals surface area contributed by atoms with Crippen LogP contribution in [0.2, 0.25) is 0 Å². The van der Waals surface area contributed by atoms with Crippen molar-refractivity contribution >= 4 is 12.0 Å². The largest absolute Gasteiger partial charge is 0.480 e. The van der Waals surface area contributed by atoms with E-state index in [9.17, 15) is 9.59 Å². The van der Waals surface area contributed by atoms with Crippen LogP contribution < -0.4 is 10.6 Å². The highest BCUT2D eigenvalue weighted by atomic mass is 16.5. The predicted octanol–water partition coefficient (Wildman–Crippen LogP) is 0.741. The molecule has 0 fully saturated rings. The van der Waals surface area contributed by atoms with Crippen molar-refractivity contribution in [3.05, 3.63) is 12.2 Å². The van der Waals surface area contributed by atoms with Crippen LogP contribution in [-0.4, -0.2) is 42.4 Å². The Bertz CT molecular complexity index is 300. The molecule has 17 heavy (non-hydrogen) atoms. The minimum Gasteiger partial charge on any atom is -0.480 e. The number of carbonyl (C=O) groups is 2. The average Bonchev–Trinajstić information content (AvgIpc) is 2.15. The van der Waals surface area contributed by atoms with Gasteiger partial charge in [0.1, 0.15) is 5.54 Å². The topological polar surface area (TPSA) is 87.7 Å². The maximum atomic E-state index is 11.3. The van der Waals surface area contributed by atoms with Crippen LogP contribution in [0.5, 0.6) is 0 Å². The molecule has 0 aliphatic rings. The normalized spacial score (nSPS) is 10.8. The first-order chi connectivity index (χ1) is 7.75. The lowest BCUT2D eigenvalue weighted by atomic mass is 10.1. The molecule has 0 aromatic carbocycles. The second kappa shape index (κ2) is 6.90. The van der Waals surface area contributed by atoms with Crippen molar-refractivity contribution in [2.75, 3.05) is 19.8 Å². The number of hydrogen-bond donors (Lipinski definition) is 3. The number of nitrogens with one attached hydrogen (secondary N) is 2. The summed E-state index contributed by atoms with van der Waals surface area (Å²) in [7, 11) is 0. The first kappa shape index (κ1) is 15.4. The van der Waals surface area contributed by atoms with E-state index < -0.39 is 17.5 Å². The molecule has 2 amide bonds. The summed E-state index contributed by atoms with van der Waals surface area (Å²) in [5, 5.41) is 13.6. The quantitative estimate of drug-likeness (QED) is 0.455. The SMILES string of the molecule is C=C(C)COCCNC(=O)NC(C)(C)C(=O)O. The minimum atomic E-state index is -1.29. The second-order valence-electron chi connectivity index (χ2n) is 4.32. The molecule has 3 N–H and O–H groups in total. The van der Waals surface area contributed by atoms with Crippen LogP contribution in [-0.2, 0) is 9.53 Å². The van der Waals surface area contributed by atoms with Crippen LogP contribution in [0, 0.1) is 0 Å². The molecule has 6 nitrogen and oxygen atoms in total. The van der Waals surface area contributed by atoms with E-state index in [4.69, 9.17) is 9.84 Å². The predicted molar refractivity (Wildman–Crippen MR) is 63.9 cm³/mol. The van der Waals surface area contributed by atoms with E-state index in [1.165, 1.54) is 13.8 Å². The Hall–Kier alpha value is -1.56. The van der Waals surface area contributed by atoms with E-state index in [-0.39, 0.29) is 0 Å². The zero-order chi connectivity index (χ0) is 13.5. The number of carboxylic acids is 1. The molecule has 0 aliphatic carbocycles. The van der Waals surface area contributed by atoms with Gasteiger partial charge in [-0.3, -0.25) is 0 Å². The Labute approximate surface area is 101 Å². The van der Waals surface area contributed by atoms with Gasteiger partial charge in [0, 0.05) is 6.54 Å². The lowest BCUT2D eigenvalue weighted by Gasteiger charge is -2.21. The van der Waals surface area contributed by atoms with Crippen molar-refractivity contribution < 1.29 is 19.4 Å². The number of ether oxygens (including phenoxy) is 1. The van der Waals surface area contributed by atoms with Gasteiger partial charge in [-0.05, 0) is 20.8 Å². The van der Waals surface area contributed by atoms with Crippen LogP contribution in [0.3, 0.4) is 0 Å². The monoisotopic (exact) mass is 244 g/mol. The zero-order valence-electron chi connectivity index (χ0n) is 10.5. The lowest BCUT2D eigenvalue weighted by molar-refractivity contribution is -0.142. The average molecular weight is 244 g/mol. The Morgan fingerprint density at radius 3 is 2.47 bits per heavy atom. The van der Waals surface area contributed by atoms with E-state index in [0.29, 0.717) is 19.8 Å².